The Morgan fingerprint density at radius 2 is 2.12 bits per heavy atom. The summed E-state index contributed by atoms with van der Waals surface area (Å²) in [4.78, 5) is 25.6. The second-order valence-corrected chi connectivity index (χ2v) is 7.02. The van der Waals surface area contributed by atoms with E-state index in [0.717, 1.165) is 5.52 Å². The average molecular weight is 344 g/mol. The van der Waals surface area contributed by atoms with Crippen LogP contribution in [0.15, 0.2) is 40.6 Å². The van der Waals surface area contributed by atoms with Crippen LogP contribution in [-0.4, -0.2) is 32.9 Å². The van der Waals surface area contributed by atoms with Gasteiger partial charge in [0, 0.05) is 19.3 Å². The number of hydrogen-bond donors (Lipinski definition) is 1. The number of rotatable bonds is 3. The zero-order valence-electron chi connectivity index (χ0n) is 13.0. The molecule has 0 amide bonds. The first-order valence-electron chi connectivity index (χ1n) is 7.93. The molecule has 1 N–H and O–H groups in total. The molecule has 0 spiro atoms. The van der Waals surface area contributed by atoms with E-state index in [0.29, 0.717) is 48.7 Å². The summed E-state index contributed by atoms with van der Waals surface area (Å²) < 4.78 is 15.7. The van der Waals surface area contributed by atoms with E-state index >= 15 is 4.39 Å². The lowest BCUT2D eigenvalue weighted by molar-refractivity contribution is 0.0480. The molecule has 124 valence electrons. The van der Waals surface area contributed by atoms with Crippen LogP contribution < -0.4 is 5.56 Å². The molecule has 3 aromatic rings. The summed E-state index contributed by atoms with van der Waals surface area (Å²) in [7, 11) is 0. The van der Waals surface area contributed by atoms with Gasteiger partial charge in [0.15, 0.2) is 5.67 Å². The SMILES string of the molecule is O=c1[nH]c(CN2CCC(F)(c3ccccn3)CC2)nc2ccsc12. The molecule has 0 atom stereocenters. The maximum absolute atomic E-state index is 15.1. The number of nitrogens with one attached hydrogen (secondary N) is 1. The summed E-state index contributed by atoms with van der Waals surface area (Å²) in [5, 5.41) is 1.86. The Bertz CT molecular complexity index is 900. The third kappa shape index (κ3) is 2.85. The Labute approximate surface area is 142 Å². The van der Waals surface area contributed by atoms with E-state index in [4.69, 9.17) is 0 Å². The number of fused-ring (bicyclic) bond motifs is 1. The summed E-state index contributed by atoms with van der Waals surface area (Å²) in [6, 6.07) is 7.22. The zero-order chi connectivity index (χ0) is 16.6. The molecule has 1 aliphatic heterocycles. The van der Waals surface area contributed by atoms with Crippen LogP contribution in [0, 0.1) is 0 Å². The lowest BCUT2D eigenvalue weighted by atomic mass is 9.89. The highest BCUT2D eigenvalue weighted by Gasteiger charge is 2.37. The molecule has 24 heavy (non-hydrogen) atoms. The van der Waals surface area contributed by atoms with Gasteiger partial charge in [-0.25, -0.2) is 9.37 Å². The fraction of sp³-hybridized carbons (Fsp3) is 0.353. The molecule has 5 nitrogen and oxygen atoms in total. The number of hydrogen-bond acceptors (Lipinski definition) is 5. The highest BCUT2D eigenvalue weighted by atomic mass is 32.1. The first kappa shape index (κ1) is 15.4. The minimum Gasteiger partial charge on any atom is -0.308 e. The van der Waals surface area contributed by atoms with Crippen LogP contribution in [0.25, 0.3) is 10.2 Å². The number of aromatic nitrogens is 3. The van der Waals surface area contributed by atoms with Gasteiger partial charge in [0.25, 0.3) is 5.56 Å². The molecule has 0 aromatic carbocycles. The van der Waals surface area contributed by atoms with Gasteiger partial charge in [0.1, 0.15) is 10.5 Å². The summed E-state index contributed by atoms with van der Waals surface area (Å²) in [5.74, 6) is 0.634. The van der Waals surface area contributed by atoms with Crippen molar-refractivity contribution in [1.82, 2.24) is 19.9 Å². The normalized spacial score (nSPS) is 18.0. The Balaban J connectivity index is 1.47. The molecule has 0 radical (unpaired) electrons. The lowest BCUT2D eigenvalue weighted by Gasteiger charge is -2.35. The van der Waals surface area contributed by atoms with Crippen LogP contribution in [-0.2, 0) is 12.2 Å². The Morgan fingerprint density at radius 1 is 1.29 bits per heavy atom. The van der Waals surface area contributed by atoms with Crippen LogP contribution in [0.4, 0.5) is 4.39 Å². The predicted octanol–water partition coefficient (Wildman–Crippen LogP) is 2.84. The van der Waals surface area contributed by atoms with E-state index in [1.165, 1.54) is 11.3 Å². The summed E-state index contributed by atoms with van der Waals surface area (Å²) in [6.07, 6.45) is 2.43. The maximum atomic E-state index is 15.1. The van der Waals surface area contributed by atoms with Gasteiger partial charge in [-0.1, -0.05) is 6.07 Å². The molecule has 0 saturated carbocycles. The van der Waals surface area contributed by atoms with Gasteiger partial charge in [-0.05, 0) is 36.4 Å². The van der Waals surface area contributed by atoms with E-state index in [9.17, 15) is 4.79 Å². The van der Waals surface area contributed by atoms with Crippen LogP contribution in [0.2, 0.25) is 0 Å². The van der Waals surface area contributed by atoms with E-state index < -0.39 is 5.67 Å². The average Bonchev–Trinajstić information content (AvgIpc) is 3.07. The topological polar surface area (TPSA) is 61.9 Å². The number of likely N-dealkylation sites (tertiary alicyclic amines) is 1. The molecule has 0 unspecified atom stereocenters. The summed E-state index contributed by atoms with van der Waals surface area (Å²) in [6.45, 7) is 1.75. The fourth-order valence-electron chi connectivity index (χ4n) is 3.16. The molecule has 4 heterocycles. The number of nitrogens with zero attached hydrogens (tertiary/aromatic N) is 3. The van der Waals surface area contributed by atoms with Crippen LogP contribution >= 0.6 is 11.3 Å². The van der Waals surface area contributed by atoms with E-state index in [1.54, 1.807) is 18.3 Å². The number of alkyl halides is 1. The molecule has 3 aromatic heterocycles. The van der Waals surface area contributed by atoms with Crippen molar-refractivity contribution in [3.8, 4) is 0 Å². The molecule has 1 aliphatic rings. The van der Waals surface area contributed by atoms with Crippen molar-refractivity contribution in [3.05, 3.63) is 57.7 Å². The van der Waals surface area contributed by atoms with Gasteiger partial charge in [-0.15, -0.1) is 11.3 Å². The molecular formula is C17H17FN4OS. The molecule has 0 bridgehead atoms. The van der Waals surface area contributed by atoms with Gasteiger partial charge in [-0.3, -0.25) is 14.7 Å². The Morgan fingerprint density at radius 3 is 2.88 bits per heavy atom. The Kier molecular flexibility index (Phi) is 3.90. The number of pyridine rings is 1. The molecule has 7 heteroatoms. The smallest absolute Gasteiger partial charge is 0.268 e. The number of piperidine rings is 1. The summed E-state index contributed by atoms with van der Waals surface area (Å²) in [5.41, 5.74) is -0.231. The molecule has 1 saturated heterocycles. The van der Waals surface area contributed by atoms with Crippen LogP contribution in [0.3, 0.4) is 0 Å². The zero-order valence-corrected chi connectivity index (χ0v) is 13.9. The quantitative estimate of drug-likeness (QED) is 0.794. The number of H-pyrrole nitrogens is 1. The van der Waals surface area contributed by atoms with Gasteiger partial charge in [0.05, 0.1) is 17.8 Å². The lowest BCUT2D eigenvalue weighted by Crippen LogP contribution is -2.40. The highest BCUT2D eigenvalue weighted by molar-refractivity contribution is 7.17. The minimum atomic E-state index is -1.37. The van der Waals surface area contributed by atoms with E-state index in [-0.39, 0.29) is 5.56 Å². The monoisotopic (exact) mass is 344 g/mol. The minimum absolute atomic E-state index is 0.102. The van der Waals surface area contributed by atoms with Crippen LogP contribution in [0.1, 0.15) is 24.4 Å². The first-order chi connectivity index (χ1) is 11.6. The molecule has 4 rings (SSSR count). The number of halogens is 1. The van der Waals surface area contributed by atoms with Crippen molar-refractivity contribution in [1.29, 1.82) is 0 Å². The second kappa shape index (κ2) is 6.07. The third-order valence-electron chi connectivity index (χ3n) is 4.51. The second-order valence-electron chi connectivity index (χ2n) is 6.10. The number of aromatic amines is 1. The van der Waals surface area contributed by atoms with Gasteiger partial charge in [0.2, 0.25) is 0 Å². The van der Waals surface area contributed by atoms with Crippen molar-refractivity contribution in [2.24, 2.45) is 0 Å². The molecule has 1 fully saturated rings. The number of thiophene rings is 1. The molecule has 0 aliphatic carbocycles. The summed E-state index contributed by atoms with van der Waals surface area (Å²) >= 11 is 1.39. The van der Waals surface area contributed by atoms with Gasteiger partial charge < -0.3 is 4.98 Å². The van der Waals surface area contributed by atoms with E-state index in [2.05, 4.69) is 19.9 Å². The largest absolute Gasteiger partial charge is 0.308 e. The van der Waals surface area contributed by atoms with Crippen LogP contribution in [0.5, 0.6) is 0 Å². The third-order valence-corrected chi connectivity index (χ3v) is 5.41. The fourth-order valence-corrected chi connectivity index (χ4v) is 3.88. The first-order valence-corrected chi connectivity index (χ1v) is 8.81. The van der Waals surface area contributed by atoms with Crippen molar-refractivity contribution >= 4 is 21.6 Å². The predicted molar refractivity (Wildman–Crippen MR) is 91.8 cm³/mol. The Hall–Kier alpha value is -2.12. The van der Waals surface area contributed by atoms with E-state index in [1.807, 2.05) is 17.5 Å². The van der Waals surface area contributed by atoms with Gasteiger partial charge >= 0.3 is 0 Å². The standard InChI is InChI=1S/C17H17FN4OS/c18-17(13-3-1-2-7-19-13)5-8-22(9-6-17)11-14-20-12-4-10-24-15(12)16(23)21-14/h1-4,7,10H,5-6,8-9,11H2,(H,20,21,23). The maximum Gasteiger partial charge on any atom is 0.268 e. The van der Waals surface area contributed by atoms with Crippen molar-refractivity contribution < 1.29 is 4.39 Å². The molecular weight excluding hydrogens is 327 g/mol. The highest BCUT2D eigenvalue weighted by Crippen LogP contribution is 2.35. The van der Waals surface area contributed by atoms with Crippen molar-refractivity contribution in [3.63, 3.8) is 0 Å². The van der Waals surface area contributed by atoms with Crippen molar-refractivity contribution in [2.45, 2.75) is 25.1 Å². The van der Waals surface area contributed by atoms with Gasteiger partial charge in [-0.2, -0.15) is 0 Å². The van der Waals surface area contributed by atoms with Crippen molar-refractivity contribution in [2.75, 3.05) is 13.1 Å².